The Morgan fingerprint density at radius 1 is 1.15 bits per heavy atom. The van der Waals surface area contributed by atoms with E-state index >= 15 is 0 Å². The van der Waals surface area contributed by atoms with Crippen molar-refractivity contribution >= 4 is 29.1 Å². The molecule has 0 aliphatic carbocycles. The van der Waals surface area contributed by atoms with Crippen molar-refractivity contribution in [2.45, 2.75) is 31.7 Å². The molecule has 0 fully saturated rings. The highest BCUT2D eigenvalue weighted by atomic mass is 32.1. The predicted molar refractivity (Wildman–Crippen MR) is 99.9 cm³/mol. The van der Waals surface area contributed by atoms with Crippen molar-refractivity contribution in [1.29, 1.82) is 0 Å². The molecule has 26 heavy (non-hydrogen) atoms. The Kier molecular flexibility index (Phi) is 6.52. The van der Waals surface area contributed by atoms with Crippen LogP contribution in [0.4, 0.5) is 0 Å². The Morgan fingerprint density at radius 3 is 2.38 bits per heavy atom. The van der Waals surface area contributed by atoms with Gasteiger partial charge in [0.15, 0.2) is 0 Å². The molecule has 138 valence electrons. The van der Waals surface area contributed by atoms with E-state index in [-0.39, 0.29) is 24.8 Å². The number of hydrogen-bond donors (Lipinski definition) is 3. The van der Waals surface area contributed by atoms with Crippen molar-refractivity contribution in [2.75, 3.05) is 6.54 Å². The van der Waals surface area contributed by atoms with Crippen molar-refractivity contribution in [3.05, 3.63) is 58.3 Å². The second-order valence-corrected chi connectivity index (χ2v) is 7.23. The van der Waals surface area contributed by atoms with E-state index in [4.69, 9.17) is 0 Å². The highest BCUT2D eigenvalue weighted by Crippen LogP contribution is 2.24. The maximum absolute atomic E-state index is 12.4. The van der Waals surface area contributed by atoms with Crippen molar-refractivity contribution < 1.29 is 19.5 Å². The van der Waals surface area contributed by atoms with Crippen LogP contribution < -0.4 is 10.6 Å². The van der Waals surface area contributed by atoms with Crippen LogP contribution in [0.25, 0.3) is 0 Å². The van der Waals surface area contributed by atoms with Crippen molar-refractivity contribution in [2.24, 2.45) is 0 Å². The summed E-state index contributed by atoms with van der Waals surface area (Å²) in [6.45, 7) is 2.94. The molecule has 0 aliphatic heterocycles. The fourth-order valence-electron chi connectivity index (χ4n) is 2.60. The fourth-order valence-corrected chi connectivity index (χ4v) is 3.38. The number of carboxylic acid groups (broad SMARTS) is 1. The molecule has 6 nitrogen and oxygen atoms in total. The summed E-state index contributed by atoms with van der Waals surface area (Å²) in [7, 11) is 0. The Balaban J connectivity index is 2.05. The van der Waals surface area contributed by atoms with Crippen LogP contribution in [0.15, 0.2) is 47.8 Å². The second kappa shape index (κ2) is 8.62. The van der Waals surface area contributed by atoms with Gasteiger partial charge in [0, 0.05) is 18.3 Å². The number of nitrogens with one attached hydrogen (secondary N) is 2. The minimum Gasteiger partial charge on any atom is -0.481 e. The van der Waals surface area contributed by atoms with Gasteiger partial charge in [-0.1, -0.05) is 36.4 Å². The first-order valence-electron chi connectivity index (χ1n) is 8.19. The Bertz CT molecular complexity index is 761. The Morgan fingerprint density at radius 2 is 1.85 bits per heavy atom. The van der Waals surface area contributed by atoms with Gasteiger partial charge in [-0.2, -0.15) is 0 Å². The number of thiophene rings is 1. The average molecular weight is 374 g/mol. The van der Waals surface area contributed by atoms with E-state index in [1.165, 1.54) is 18.3 Å². The molecular formula is C19H22N2O4S. The highest BCUT2D eigenvalue weighted by Gasteiger charge is 2.35. The third-order valence-electron chi connectivity index (χ3n) is 4.18. The lowest BCUT2D eigenvalue weighted by Crippen LogP contribution is -2.45. The van der Waals surface area contributed by atoms with E-state index in [0.29, 0.717) is 5.56 Å². The number of hydrogen-bond acceptors (Lipinski definition) is 4. The Labute approximate surface area is 156 Å². The van der Waals surface area contributed by atoms with Crippen LogP contribution in [0.5, 0.6) is 0 Å². The zero-order valence-corrected chi connectivity index (χ0v) is 15.5. The first-order valence-corrected chi connectivity index (χ1v) is 9.07. The molecule has 0 radical (unpaired) electrons. The summed E-state index contributed by atoms with van der Waals surface area (Å²) in [5, 5.41) is 17.0. The molecule has 2 amide bonds. The van der Waals surface area contributed by atoms with Gasteiger partial charge in [-0.15, -0.1) is 11.3 Å². The van der Waals surface area contributed by atoms with Crippen LogP contribution in [0.1, 0.15) is 36.8 Å². The molecule has 0 spiro atoms. The van der Waals surface area contributed by atoms with Gasteiger partial charge in [0.05, 0.1) is 12.5 Å². The quantitative estimate of drug-likeness (QED) is 0.661. The number of rotatable bonds is 8. The SMILES string of the molecule is CC(=O)NC(CC(=O)NCC(C)(C(=O)O)c1ccccc1)c1cccs1. The molecule has 1 aromatic heterocycles. The summed E-state index contributed by atoms with van der Waals surface area (Å²) in [6.07, 6.45) is 0.0462. The number of carboxylic acids is 1. The summed E-state index contributed by atoms with van der Waals surface area (Å²) in [4.78, 5) is 36.4. The molecule has 1 heterocycles. The predicted octanol–water partition coefficient (Wildman–Crippen LogP) is 2.47. The third kappa shape index (κ3) is 4.92. The van der Waals surface area contributed by atoms with Crippen molar-refractivity contribution in [1.82, 2.24) is 10.6 Å². The first-order chi connectivity index (χ1) is 12.3. The topological polar surface area (TPSA) is 95.5 Å². The molecule has 0 saturated heterocycles. The van der Waals surface area contributed by atoms with Crippen LogP contribution in [-0.4, -0.2) is 29.4 Å². The summed E-state index contributed by atoms with van der Waals surface area (Å²) >= 11 is 1.45. The lowest BCUT2D eigenvalue weighted by molar-refractivity contribution is -0.143. The highest BCUT2D eigenvalue weighted by molar-refractivity contribution is 7.10. The van der Waals surface area contributed by atoms with Crippen LogP contribution in [-0.2, 0) is 19.8 Å². The van der Waals surface area contributed by atoms with E-state index in [2.05, 4.69) is 10.6 Å². The molecule has 2 atom stereocenters. The van der Waals surface area contributed by atoms with Crippen LogP contribution in [0.3, 0.4) is 0 Å². The number of amides is 2. The van der Waals surface area contributed by atoms with E-state index in [1.807, 2.05) is 23.6 Å². The molecule has 0 saturated carbocycles. The molecule has 0 bridgehead atoms. The number of carbonyl (C=O) groups is 3. The van der Waals surface area contributed by atoms with Crippen LogP contribution in [0.2, 0.25) is 0 Å². The zero-order valence-electron chi connectivity index (χ0n) is 14.7. The molecule has 1 aromatic carbocycles. The van der Waals surface area contributed by atoms with Crippen LogP contribution >= 0.6 is 11.3 Å². The van der Waals surface area contributed by atoms with Gasteiger partial charge >= 0.3 is 5.97 Å². The van der Waals surface area contributed by atoms with Gasteiger partial charge < -0.3 is 15.7 Å². The van der Waals surface area contributed by atoms with Gasteiger partial charge in [0.25, 0.3) is 0 Å². The second-order valence-electron chi connectivity index (χ2n) is 6.25. The van der Waals surface area contributed by atoms with Gasteiger partial charge in [0.1, 0.15) is 5.41 Å². The summed E-state index contributed by atoms with van der Waals surface area (Å²) < 4.78 is 0. The molecule has 2 unspecified atom stereocenters. The van der Waals surface area contributed by atoms with Gasteiger partial charge in [-0.3, -0.25) is 14.4 Å². The maximum Gasteiger partial charge on any atom is 0.315 e. The third-order valence-corrected chi connectivity index (χ3v) is 5.16. The van der Waals surface area contributed by atoms with Gasteiger partial charge in [-0.05, 0) is 23.9 Å². The monoisotopic (exact) mass is 374 g/mol. The molecule has 3 N–H and O–H groups in total. The minimum absolute atomic E-state index is 0.0393. The molecule has 7 heteroatoms. The Hall–Kier alpha value is -2.67. The maximum atomic E-state index is 12.4. The zero-order chi connectivity index (χ0) is 19.2. The average Bonchev–Trinajstić information content (AvgIpc) is 3.14. The number of benzene rings is 1. The lowest BCUT2D eigenvalue weighted by atomic mass is 9.82. The lowest BCUT2D eigenvalue weighted by Gasteiger charge is -2.26. The summed E-state index contributed by atoms with van der Waals surface area (Å²) in [5.41, 5.74) is -0.618. The first kappa shape index (κ1) is 19.7. The summed E-state index contributed by atoms with van der Waals surface area (Å²) in [5.74, 6) is -1.56. The fraction of sp³-hybridized carbons (Fsp3) is 0.316. The van der Waals surface area contributed by atoms with Gasteiger partial charge in [0.2, 0.25) is 11.8 Å². The molecule has 2 aromatic rings. The van der Waals surface area contributed by atoms with E-state index in [1.54, 1.807) is 31.2 Å². The molecular weight excluding hydrogens is 352 g/mol. The minimum atomic E-state index is -1.23. The van der Waals surface area contributed by atoms with E-state index in [0.717, 1.165) is 4.88 Å². The van der Waals surface area contributed by atoms with Crippen molar-refractivity contribution in [3.8, 4) is 0 Å². The molecule has 0 aliphatic rings. The van der Waals surface area contributed by atoms with Crippen molar-refractivity contribution in [3.63, 3.8) is 0 Å². The normalized spacial score (nSPS) is 14.1. The standard InChI is InChI=1S/C19H22N2O4S/c1-13(22)21-15(16-9-6-10-26-16)11-17(23)20-12-19(2,18(24)25)14-7-4-3-5-8-14/h3-10,15H,11-12H2,1-2H3,(H,20,23)(H,21,22)(H,24,25). The summed E-state index contributed by atoms with van der Waals surface area (Å²) in [6, 6.07) is 12.1. The van der Waals surface area contributed by atoms with Gasteiger partial charge in [-0.25, -0.2) is 0 Å². The van der Waals surface area contributed by atoms with Crippen LogP contribution in [0, 0.1) is 0 Å². The molecule has 2 rings (SSSR count). The smallest absolute Gasteiger partial charge is 0.315 e. The van der Waals surface area contributed by atoms with E-state index < -0.39 is 17.4 Å². The number of aliphatic carboxylic acids is 1. The largest absolute Gasteiger partial charge is 0.481 e. The van der Waals surface area contributed by atoms with E-state index in [9.17, 15) is 19.5 Å². The number of carbonyl (C=O) groups excluding carboxylic acids is 2.